The lowest BCUT2D eigenvalue weighted by atomic mass is 10.1. The van der Waals surface area contributed by atoms with Gasteiger partial charge in [-0.1, -0.05) is 6.92 Å². The molecule has 1 heterocycles. The Balaban J connectivity index is 1.76. The smallest absolute Gasteiger partial charge is 0.119 e. The van der Waals surface area contributed by atoms with E-state index in [1.807, 2.05) is 12.1 Å². The number of anilines is 1. The van der Waals surface area contributed by atoms with Crippen molar-refractivity contribution in [3.05, 3.63) is 24.3 Å². The predicted octanol–water partition coefficient (Wildman–Crippen LogP) is 3.64. The average molecular weight is 251 g/mol. The second kappa shape index (κ2) is 6.80. The average Bonchev–Trinajstić information content (AvgIpc) is 2.88. The van der Waals surface area contributed by atoms with Crippen LogP contribution in [0.1, 0.15) is 19.8 Å². The third-order valence-corrected chi connectivity index (χ3v) is 4.18. The van der Waals surface area contributed by atoms with Crippen molar-refractivity contribution in [2.75, 3.05) is 30.0 Å². The second-order valence-electron chi connectivity index (χ2n) is 4.48. The lowest BCUT2D eigenvalue weighted by Crippen LogP contribution is -2.13. The molecule has 0 aliphatic carbocycles. The van der Waals surface area contributed by atoms with Gasteiger partial charge in [0, 0.05) is 12.2 Å². The van der Waals surface area contributed by atoms with Crippen LogP contribution in [-0.4, -0.2) is 24.7 Å². The van der Waals surface area contributed by atoms with Crippen molar-refractivity contribution in [1.29, 1.82) is 0 Å². The van der Waals surface area contributed by atoms with Crippen LogP contribution < -0.4 is 10.1 Å². The first-order valence-corrected chi connectivity index (χ1v) is 7.58. The minimum Gasteiger partial charge on any atom is -0.494 e. The highest BCUT2D eigenvalue weighted by Gasteiger charge is 2.14. The minimum atomic E-state index is 0.798. The molecular weight excluding hydrogens is 230 g/mol. The van der Waals surface area contributed by atoms with Crippen molar-refractivity contribution in [3.63, 3.8) is 0 Å². The van der Waals surface area contributed by atoms with Gasteiger partial charge in [0.2, 0.25) is 0 Å². The zero-order chi connectivity index (χ0) is 11.9. The molecule has 0 saturated carbocycles. The number of benzene rings is 1. The molecule has 2 nitrogen and oxygen atoms in total. The largest absolute Gasteiger partial charge is 0.494 e. The van der Waals surface area contributed by atoms with Crippen LogP contribution in [0.2, 0.25) is 0 Å². The fraction of sp³-hybridized carbons (Fsp3) is 0.571. The molecule has 0 aromatic heterocycles. The summed E-state index contributed by atoms with van der Waals surface area (Å²) in [7, 11) is 0. The van der Waals surface area contributed by atoms with Crippen molar-refractivity contribution in [3.8, 4) is 5.75 Å². The number of ether oxygens (including phenoxy) is 1. The van der Waals surface area contributed by atoms with E-state index in [2.05, 4.69) is 36.1 Å². The summed E-state index contributed by atoms with van der Waals surface area (Å²) >= 11 is 2.07. The Hall–Kier alpha value is -0.830. The fourth-order valence-corrected chi connectivity index (χ4v) is 3.18. The summed E-state index contributed by atoms with van der Waals surface area (Å²) in [6.07, 6.45) is 2.41. The summed E-state index contributed by atoms with van der Waals surface area (Å²) in [6, 6.07) is 8.29. The van der Waals surface area contributed by atoms with E-state index < -0.39 is 0 Å². The third-order valence-electron chi connectivity index (χ3n) is 2.95. The van der Waals surface area contributed by atoms with Crippen LogP contribution in [0.15, 0.2) is 24.3 Å². The van der Waals surface area contributed by atoms with Crippen LogP contribution >= 0.6 is 11.8 Å². The van der Waals surface area contributed by atoms with Gasteiger partial charge in [-0.2, -0.15) is 11.8 Å². The van der Waals surface area contributed by atoms with Crippen LogP contribution in [0.3, 0.4) is 0 Å². The summed E-state index contributed by atoms with van der Waals surface area (Å²) in [6.45, 7) is 4.02. The SMILES string of the molecule is CCCOc1ccc(NCC2CCSC2)cc1. The van der Waals surface area contributed by atoms with E-state index >= 15 is 0 Å². The van der Waals surface area contributed by atoms with Crippen LogP contribution in [-0.2, 0) is 0 Å². The Morgan fingerprint density at radius 3 is 2.82 bits per heavy atom. The Kier molecular flexibility index (Phi) is 5.05. The van der Waals surface area contributed by atoms with E-state index in [1.54, 1.807) is 0 Å². The molecule has 0 bridgehead atoms. The molecule has 0 spiro atoms. The molecule has 1 saturated heterocycles. The highest BCUT2D eigenvalue weighted by molar-refractivity contribution is 7.99. The zero-order valence-corrected chi connectivity index (χ0v) is 11.3. The molecule has 3 heteroatoms. The van der Waals surface area contributed by atoms with Crippen LogP contribution in [0, 0.1) is 5.92 Å². The van der Waals surface area contributed by atoms with E-state index in [0.29, 0.717) is 0 Å². The summed E-state index contributed by atoms with van der Waals surface area (Å²) in [5.74, 6) is 4.45. The molecule has 1 N–H and O–H groups in total. The van der Waals surface area contributed by atoms with Gasteiger partial charge in [0.05, 0.1) is 6.61 Å². The quantitative estimate of drug-likeness (QED) is 0.834. The van der Waals surface area contributed by atoms with Crippen LogP contribution in [0.4, 0.5) is 5.69 Å². The van der Waals surface area contributed by atoms with Crippen molar-refractivity contribution in [2.45, 2.75) is 19.8 Å². The lowest BCUT2D eigenvalue weighted by molar-refractivity contribution is 0.317. The van der Waals surface area contributed by atoms with E-state index in [0.717, 1.165) is 31.2 Å². The molecule has 0 amide bonds. The van der Waals surface area contributed by atoms with E-state index in [4.69, 9.17) is 4.74 Å². The molecule has 2 rings (SSSR count). The number of hydrogen-bond acceptors (Lipinski definition) is 3. The van der Waals surface area contributed by atoms with Gasteiger partial charge >= 0.3 is 0 Å². The molecule has 94 valence electrons. The summed E-state index contributed by atoms with van der Waals surface area (Å²) in [5, 5.41) is 3.50. The van der Waals surface area contributed by atoms with Crippen molar-refractivity contribution in [1.82, 2.24) is 0 Å². The van der Waals surface area contributed by atoms with Gasteiger partial charge < -0.3 is 10.1 Å². The van der Waals surface area contributed by atoms with E-state index in [-0.39, 0.29) is 0 Å². The fourth-order valence-electron chi connectivity index (χ4n) is 1.90. The topological polar surface area (TPSA) is 21.3 Å². The molecule has 1 aliphatic heterocycles. The van der Waals surface area contributed by atoms with Gasteiger partial charge in [-0.25, -0.2) is 0 Å². The number of thioether (sulfide) groups is 1. The Bertz CT molecular complexity index is 319. The van der Waals surface area contributed by atoms with Gasteiger partial charge in [0.25, 0.3) is 0 Å². The predicted molar refractivity (Wildman–Crippen MR) is 76.1 cm³/mol. The van der Waals surface area contributed by atoms with Gasteiger partial charge in [-0.15, -0.1) is 0 Å². The first-order chi connectivity index (χ1) is 8.38. The number of hydrogen-bond donors (Lipinski definition) is 1. The minimum absolute atomic E-state index is 0.798. The Morgan fingerprint density at radius 2 is 2.18 bits per heavy atom. The number of rotatable bonds is 6. The van der Waals surface area contributed by atoms with E-state index in [1.165, 1.54) is 23.6 Å². The van der Waals surface area contributed by atoms with Crippen molar-refractivity contribution >= 4 is 17.4 Å². The van der Waals surface area contributed by atoms with Crippen molar-refractivity contribution in [2.24, 2.45) is 5.92 Å². The molecular formula is C14H21NOS. The molecule has 1 aliphatic rings. The third kappa shape index (κ3) is 4.15. The standard InChI is InChI=1S/C14H21NOS/c1-2-8-16-14-5-3-13(4-6-14)15-10-12-7-9-17-11-12/h3-6,12,15H,2,7-11H2,1H3. The maximum Gasteiger partial charge on any atom is 0.119 e. The summed E-state index contributed by atoms with van der Waals surface area (Å²) < 4.78 is 5.56. The van der Waals surface area contributed by atoms with Crippen LogP contribution in [0.5, 0.6) is 5.75 Å². The van der Waals surface area contributed by atoms with Crippen molar-refractivity contribution < 1.29 is 4.74 Å². The maximum atomic E-state index is 5.56. The van der Waals surface area contributed by atoms with Gasteiger partial charge in [-0.05, 0) is 54.5 Å². The molecule has 17 heavy (non-hydrogen) atoms. The molecule has 1 aromatic rings. The van der Waals surface area contributed by atoms with E-state index in [9.17, 15) is 0 Å². The summed E-state index contributed by atoms with van der Waals surface area (Å²) in [4.78, 5) is 0. The van der Waals surface area contributed by atoms with Gasteiger partial charge in [0.1, 0.15) is 5.75 Å². The van der Waals surface area contributed by atoms with Crippen LogP contribution in [0.25, 0.3) is 0 Å². The second-order valence-corrected chi connectivity index (χ2v) is 5.63. The molecule has 1 aromatic carbocycles. The zero-order valence-electron chi connectivity index (χ0n) is 10.4. The Labute approximate surface area is 108 Å². The normalized spacial score (nSPS) is 19.2. The highest BCUT2D eigenvalue weighted by Crippen LogP contribution is 2.24. The first-order valence-electron chi connectivity index (χ1n) is 6.43. The first kappa shape index (κ1) is 12.6. The molecule has 1 unspecified atom stereocenters. The molecule has 1 atom stereocenters. The number of nitrogens with one attached hydrogen (secondary N) is 1. The van der Waals surface area contributed by atoms with Gasteiger partial charge in [0.15, 0.2) is 0 Å². The highest BCUT2D eigenvalue weighted by atomic mass is 32.2. The summed E-state index contributed by atoms with van der Waals surface area (Å²) in [5.41, 5.74) is 1.20. The molecule has 0 radical (unpaired) electrons. The Morgan fingerprint density at radius 1 is 1.35 bits per heavy atom. The van der Waals surface area contributed by atoms with Gasteiger partial charge in [-0.3, -0.25) is 0 Å². The monoisotopic (exact) mass is 251 g/mol. The lowest BCUT2D eigenvalue weighted by Gasteiger charge is -2.12. The molecule has 1 fully saturated rings. The maximum absolute atomic E-state index is 5.56.